The first-order valence-electron chi connectivity index (χ1n) is 11.9. The van der Waals surface area contributed by atoms with Crippen LogP contribution in [0.3, 0.4) is 0 Å². The maximum atomic E-state index is 2.52. The van der Waals surface area contributed by atoms with Crippen molar-refractivity contribution in [2.75, 3.05) is 0 Å². The lowest BCUT2D eigenvalue weighted by atomic mass is 9.83. The molecule has 0 aliphatic rings. The highest BCUT2D eigenvalue weighted by molar-refractivity contribution is 6.33. The molecular formula is C30H32. The minimum atomic E-state index is 1.20. The Labute approximate surface area is 180 Å². The number of hydrogen-bond acceptors (Lipinski definition) is 0. The van der Waals surface area contributed by atoms with Gasteiger partial charge < -0.3 is 0 Å². The fourth-order valence-electron chi connectivity index (χ4n) is 5.48. The van der Waals surface area contributed by atoms with Gasteiger partial charge in [-0.05, 0) is 79.9 Å². The molecule has 0 spiro atoms. The molecule has 0 fully saturated rings. The lowest BCUT2D eigenvalue weighted by Crippen LogP contribution is -2.00. The maximum Gasteiger partial charge on any atom is -0.00234 e. The molecule has 0 unspecified atom stereocenters. The van der Waals surface area contributed by atoms with Crippen LogP contribution in [0.25, 0.3) is 43.1 Å². The smallest absolute Gasteiger partial charge is 0.00234 e. The molecule has 0 nitrogen and oxygen atoms in total. The molecule has 0 saturated carbocycles. The summed E-state index contributed by atoms with van der Waals surface area (Å²) in [6, 6.07) is 23.1. The summed E-state index contributed by atoms with van der Waals surface area (Å²) < 4.78 is 0. The van der Waals surface area contributed by atoms with E-state index in [2.05, 4.69) is 74.5 Å². The minimum Gasteiger partial charge on any atom is -0.0654 e. The number of benzene rings is 5. The summed E-state index contributed by atoms with van der Waals surface area (Å²) in [5, 5.41) is 11.5. The summed E-state index contributed by atoms with van der Waals surface area (Å²) in [6.45, 7) is 4.61. The number of fused-ring (bicyclic) bond motifs is 2. The van der Waals surface area contributed by atoms with E-state index in [1.54, 1.807) is 11.1 Å². The Morgan fingerprint density at radius 3 is 1.83 bits per heavy atom. The first-order chi connectivity index (χ1) is 14.8. The highest BCUT2D eigenvalue weighted by Gasteiger charge is 2.17. The third-order valence-electron chi connectivity index (χ3n) is 6.91. The molecule has 5 aromatic carbocycles. The number of hydrogen-bond donors (Lipinski definition) is 0. The van der Waals surface area contributed by atoms with Gasteiger partial charge in [-0.1, -0.05) is 100 Å². The van der Waals surface area contributed by atoms with Crippen LogP contribution >= 0.6 is 0 Å². The average Bonchev–Trinajstić information content (AvgIpc) is 2.78. The Hall–Kier alpha value is -2.60. The van der Waals surface area contributed by atoms with E-state index in [-0.39, 0.29) is 0 Å². The number of rotatable bonds is 8. The molecule has 0 aliphatic heterocycles. The molecule has 0 atom stereocenters. The third-order valence-corrected chi connectivity index (χ3v) is 6.91. The van der Waals surface area contributed by atoms with Crippen molar-refractivity contribution in [3.05, 3.63) is 71.8 Å². The molecule has 5 rings (SSSR count). The van der Waals surface area contributed by atoms with Gasteiger partial charge in [0.25, 0.3) is 0 Å². The molecule has 0 heteroatoms. The van der Waals surface area contributed by atoms with Crippen LogP contribution in [0.5, 0.6) is 0 Å². The Morgan fingerprint density at radius 1 is 0.533 bits per heavy atom. The first-order valence-corrected chi connectivity index (χ1v) is 11.9. The molecule has 0 aliphatic carbocycles. The van der Waals surface area contributed by atoms with Crippen molar-refractivity contribution >= 4 is 43.1 Å². The summed E-state index contributed by atoms with van der Waals surface area (Å²) in [6.07, 6.45) is 10.2. The Balaban J connectivity index is 1.90. The Morgan fingerprint density at radius 2 is 1.13 bits per heavy atom. The molecule has 0 aromatic heterocycles. The predicted octanol–water partition coefficient (Wildman–Crippen LogP) is 9.20. The van der Waals surface area contributed by atoms with E-state index in [4.69, 9.17) is 0 Å². The monoisotopic (exact) mass is 392 g/mol. The zero-order chi connectivity index (χ0) is 20.5. The summed E-state index contributed by atoms with van der Waals surface area (Å²) in [5.41, 5.74) is 3.22. The van der Waals surface area contributed by atoms with Crippen LogP contribution in [0.4, 0.5) is 0 Å². The first kappa shape index (κ1) is 19.4. The molecule has 0 radical (unpaired) electrons. The van der Waals surface area contributed by atoms with Gasteiger partial charge in [-0.3, -0.25) is 0 Å². The van der Waals surface area contributed by atoms with Crippen LogP contribution in [0.15, 0.2) is 60.7 Å². The van der Waals surface area contributed by atoms with E-state index < -0.39 is 0 Å². The van der Waals surface area contributed by atoms with Crippen LogP contribution in [0.1, 0.15) is 63.5 Å². The van der Waals surface area contributed by atoms with Gasteiger partial charge in [0.2, 0.25) is 0 Å². The zero-order valence-corrected chi connectivity index (χ0v) is 18.4. The normalized spacial score (nSPS) is 12.1. The predicted molar refractivity (Wildman–Crippen MR) is 134 cm³/mol. The number of unbranched alkanes of at least 4 members (excludes halogenated alkanes) is 4. The van der Waals surface area contributed by atoms with Crippen molar-refractivity contribution in [2.24, 2.45) is 0 Å². The van der Waals surface area contributed by atoms with E-state index >= 15 is 0 Å². The molecule has 0 heterocycles. The van der Waals surface area contributed by atoms with Crippen LogP contribution in [0, 0.1) is 0 Å². The zero-order valence-electron chi connectivity index (χ0n) is 18.4. The minimum absolute atomic E-state index is 1.20. The Bertz CT molecular complexity index is 1300. The summed E-state index contributed by atoms with van der Waals surface area (Å²) >= 11 is 0. The van der Waals surface area contributed by atoms with E-state index in [0.717, 1.165) is 0 Å². The molecule has 5 aromatic rings. The van der Waals surface area contributed by atoms with E-state index in [9.17, 15) is 0 Å². The quantitative estimate of drug-likeness (QED) is 0.140. The van der Waals surface area contributed by atoms with Crippen LogP contribution in [-0.2, 0) is 12.8 Å². The van der Waals surface area contributed by atoms with Crippen molar-refractivity contribution in [1.29, 1.82) is 0 Å². The molecule has 30 heavy (non-hydrogen) atoms. The fourth-order valence-corrected chi connectivity index (χ4v) is 5.48. The second kappa shape index (κ2) is 8.26. The van der Waals surface area contributed by atoms with Gasteiger partial charge >= 0.3 is 0 Å². The van der Waals surface area contributed by atoms with E-state index in [1.165, 1.54) is 94.5 Å². The number of aryl methyl sites for hydroxylation is 2. The van der Waals surface area contributed by atoms with Crippen molar-refractivity contribution < 1.29 is 0 Å². The standard InChI is InChI=1S/C30H32/c1-3-5-7-12-22-20-23-15-11-18-26-25-17-9-13-21-14-10-19-27(28(21)25)30(29(23)26)24(22)16-8-6-4-2/h9-11,13-15,17-20H,3-8,12,16H2,1-2H3. The van der Waals surface area contributed by atoms with Gasteiger partial charge in [0.05, 0.1) is 0 Å². The van der Waals surface area contributed by atoms with Gasteiger partial charge in [-0.15, -0.1) is 0 Å². The SMILES string of the molecule is CCCCCc1cc2cccc3c4cccc5cccc(c(c1CCCCC)c23)c54. The summed E-state index contributed by atoms with van der Waals surface area (Å²) in [7, 11) is 0. The van der Waals surface area contributed by atoms with Gasteiger partial charge in [-0.2, -0.15) is 0 Å². The second-order valence-electron chi connectivity index (χ2n) is 8.92. The Kier molecular flexibility index (Phi) is 5.34. The van der Waals surface area contributed by atoms with Gasteiger partial charge in [0.1, 0.15) is 0 Å². The third kappa shape index (κ3) is 3.14. The van der Waals surface area contributed by atoms with Crippen molar-refractivity contribution in [2.45, 2.75) is 65.2 Å². The highest BCUT2D eigenvalue weighted by atomic mass is 14.2. The summed E-state index contributed by atoms with van der Waals surface area (Å²) in [4.78, 5) is 0. The van der Waals surface area contributed by atoms with Crippen molar-refractivity contribution in [1.82, 2.24) is 0 Å². The fraction of sp³-hybridized carbons (Fsp3) is 0.333. The molecule has 152 valence electrons. The molecular weight excluding hydrogens is 360 g/mol. The lowest BCUT2D eigenvalue weighted by Gasteiger charge is -2.20. The van der Waals surface area contributed by atoms with E-state index in [0.29, 0.717) is 0 Å². The molecule has 0 bridgehead atoms. The molecule has 0 amide bonds. The van der Waals surface area contributed by atoms with Gasteiger partial charge in [0, 0.05) is 0 Å². The maximum absolute atomic E-state index is 2.52. The molecule has 0 N–H and O–H groups in total. The van der Waals surface area contributed by atoms with Crippen LogP contribution < -0.4 is 0 Å². The highest BCUT2D eigenvalue weighted by Crippen LogP contribution is 2.43. The average molecular weight is 393 g/mol. The second-order valence-corrected chi connectivity index (χ2v) is 8.92. The van der Waals surface area contributed by atoms with Crippen LogP contribution in [0.2, 0.25) is 0 Å². The lowest BCUT2D eigenvalue weighted by molar-refractivity contribution is 0.696. The van der Waals surface area contributed by atoms with E-state index in [1.807, 2.05) is 0 Å². The van der Waals surface area contributed by atoms with Crippen molar-refractivity contribution in [3.63, 3.8) is 0 Å². The van der Waals surface area contributed by atoms with Crippen molar-refractivity contribution in [3.8, 4) is 0 Å². The largest absolute Gasteiger partial charge is 0.0654 e. The van der Waals surface area contributed by atoms with Gasteiger partial charge in [-0.25, -0.2) is 0 Å². The topological polar surface area (TPSA) is 0 Å². The van der Waals surface area contributed by atoms with Crippen LogP contribution in [-0.4, -0.2) is 0 Å². The molecule has 0 saturated heterocycles. The summed E-state index contributed by atoms with van der Waals surface area (Å²) in [5.74, 6) is 0. The van der Waals surface area contributed by atoms with Gasteiger partial charge in [0.15, 0.2) is 0 Å².